The molecule has 0 unspecified atom stereocenters. The van der Waals surface area contributed by atoms with Crippen molar-refractivity contribution >= 4 is 73.6 Å². The van der Waals surface area contributed by atoms with Gasteiger partial charge in [-0.2, -0.15) is 0 Å². The highest BCUT2D eigenvalue weighted by atomic mass is 33.1. The minimum Gasteiger partial charge on any atom is -0.483 e. The van der Waals surface area contributed by atoms with Crippen molar-refractivity contribution < 1.29 is 39.3 Å². The highest BCUT2D eigenvalue weighted by Crippen LogP contribution is 2.42. The summed E-state index contributed by atoms with van der Waals surface area (Å²) >= 11 is 0. The first-order chi connectivity index (χ1) is 21.4. The molecule has 2 aromatic heterocycles. The number of aliphatic carboxylic acids is 2. The molecule has 2 amide bonds. The summed E-state index contributed by atoms with van der Waals surface area (Å²) in [5.41, 5.74) is 1.92. The first-order valence-electron chi connectivity index (χ1n) is 13.6. The highest BCUT2D eigenvalue weighted by molar-refractivity contribution is 8.76. The van der Waals surface area contributed by atoms with Crippen molar-refractivity contribution in [3.8, 4) is 0 Å². The van der Waals surface area contributed by atoms with E-state index in [0.717, 1.165) is 20.6 Å². The van der Waals surface area contributed by atoms with E-state index < -0.39 is 35.8 Å². The van der Waals surface area contributed by atoms with Crippen molar-refractivity contribution in [3.63, 3.8) is 0 Å². The molecule has 0 bridgehead atoms. The molecule has 0 saturated heterocycles. The van der Waals surface area contributed by atoms with Crippen LogP contribution in [0.4, 0.5) is 0 Å². The Morgan fingerprint density at radius 3 is 1.38 bits per heavy atom. The number of pyridine rings is 2. The third kappa shape index (κ3) is 8.92. The second kappa shape index (κ2) is 15.9. The van der Waals surface area contributed by atoms with Crippen LogP contribution in [0.2, 0.25) is 0 Å². The lowest BCUT2D eigenvalue weighted by Crippen LogP contribution is -2.44. The van der Waals surface area contributed by atoms with Crippen LogP contribution in [0.3, 0.4) is 0 Å². The van der Waals surface area contributed by atoms with Crippen molar-refractivity contribution in [3.05, 3.63) is 72.1 Å². The van der Waals surface area contributed by atoms with Gasteiger partial charge >= 0.3 is 11.9 Å². The second-order valence-corrected chi connectivity index (χ2v) is 12.7. The molecule has 14 heteroatoms. The molecule has 2 atom stereocenters. The summed E-state index contributed by atoms with van der Waals surface area (Å²) in [6.45, 7) is 6.66. The Morgan fingerprint density at radius 1 is 0.711 bits per heavy atom. The van der Waals surface area contributed by atoms with Gasteiger partial charge < -0.3 is 26.0 Å². The lowest BCUT2D eigenvalue weighted by Gasteiger charge is -2.18. The van der Waals surface area contributed by atoms with E-state index in [4.69, 9.17) is 9.90 Å². The number of para-hydroxylation sites is 2. The maximum Gasteiger partial charge on any atom is 0.326 e. The largest absolute Gasteiger partial charge is 0.483 e. The number of hydrogen-bond acceptors (Lipinski definition) is 9. The molecule has 236 valence electrons. The number of carboxylic acid groups (broad SMARTS) is 3. The maximum atomic E-state index is 12.7. The van der Waals surface area contributed by atoms with E-state index in [1.807, 2.05) is 36.4 Å². The van der Waals surface area contributed by atoms with Crippen molar-refractivity contribution in [2.75, 3.05) is 0 Å². The molecule has 0 spiro atoms. The predicted octanol–water partition coefficient (Wildman–Crippen LogP) is 4.96. The molecule has 4 rings (SSSR count). The van der Waals surface area contributed by atoms with Gasteiger partial charge in [0, 0.05) is 33.0 Å². The van der Waals surface area contributed by atoms with Crippen molar-refractivity contribution in [1.82, 2.24) is 20.6 Å². The second-order valence-electron chi connectivity index (χ2n) is 10.4. The number of hydrogen-bond donors (Lipinski definition) is 5. The summed E-state index contributed by atoms with van der Waals surface area (Å²) in [5, 5.41) is 32.3. The first kappa shape index (κ1) is 34.8. The van der Waals surface area contributed by atoms with Crippen LogP contribution in [0.15, 0.2) is 70.7 Å². The van der Waals surface area contributed by atoms with E-state index in [2.05, 4.69) is 20.6 Å². The molecule has 0 fully saturated rings. The minimum atomic E-state index is -1.09. The number of carbonyl (C=O) groups excluding carboxylic acids is 2. The monoisotopic (exact) mass is 652 g/mol. The summed E-state index contributed by atoms with van der Waals surface area (Å²) in [5.74, 6) is -3.75. The number of carbonyl (C=O) groups is 5. The van der Waals surface area contributed by atoms with Gasteiger partial charge in [0.25, 0.3) is 18.3 Å². The zero-order valence-electron chi connectivity index (χ0n) is 24.8. The SMILES string of the molecule is CC(C)[C@H](NC(=O)c1cnc2c(SSc3cccc4cc(C(=O)N[C@H](C(=O)O)C(C)C)cnc34)cccc2c1)C(=O)O.O=CO. The number of fused-ring (bicyclic) bond motifs is 2. The Bertz CT molecular complexity index is 1610. The molecule has 12 nitrogen and oxygen atoms in total. The number of rotatable bonds is 11. The molecule has 5 N–H and O–H groups in total. The third-order valence-electron chi connectivity index (χ3n) is 6.53. The molecule has 0 radical (unpaired) electrons. The maximum absolute atomic E-state index is 12.7. The topological polar surface area (TPSA) is 196 Å². The number of carboxylic acids is 2. The van der Waals surface area contributed by atoms with E-state index in [1.54, 1.807) is 39.8 Å². The minimum absolute atomic E-state index is 0.250. The van der Waals surface area contributed by atoms with Crippen LogP contribution >= 0.6 is 21.6 Å². The average Bonchev–Trinajstić information content (AvgIpc) is 3.00. The van der Waals surface area contributed by atoms with Gasteiger partial charge in [0.05, 0.1) is 22.2 Å². The summed E-state index contributed by atoms with van der Waals surface area (Å²) < 4.78 is 0. The zero-order chi connectivity index (χ0) is 33.3. The predicted molar refractivity (Wildman–Crippen MR) is 171 cm³/mol. The van der Waals surface area contributed by atoms with Crippen LogP contribution in [0, 0.1) is 11.8 Å². The Kier molecular flexibility index (Phi) is 12.3. The smallest absolute Gasteiger partial charge is 0.326 e. The number of amides is 2. The van der Waals surface area contributed by atoms with Gasteiger partial charge in [-0.3, -0.25) is 24.4 Å². The van der Waals surface area contributed by atoms with E-state index in [9.17, 15) is 29.4 Å². The standard InChI is InChI=1S/C30H30N4O6S2.CH2O2/c1-15(2)23(29(37)38)33-27(35)19-11-17-7-5-9-21(25(17)31-13-19)41-42-22-10-6-8-18-12-20(14-32-26(18)22)28(36)34-24(16(3)4)30(39)40;2-1-3/h5-16,23-24H,1-4H3,(H,33,35)(H,34,36)(H,37,38)(H,39,40);1H,(H,2,3)/t23-,24-;/m0./s1. The molecule has 0 aliphatic carbocycles. The number of nitrogens with zero attached hydrogens (tertiary/aromatic N) is 2. The molecular weight excluding hydrogens is 620 g/mol. The van der Waals surface area contributed by atoms with Crippen LogP contribution in [0.25, 0.3) is 21.8 Å². The van der Waals surface area contributed by atoms with Gasteiger partial charge in [-0.1, -0.05) is 73.5 Å². The van der Waals surface area contributed by atoms with Crippen LogP contribution in [0.1, 0.15) is 48.4 Å². The van der Waals surface area contributed by atoms with Gasteiger partial charge in [0.1, 0.15) is 12.1 Å². The first-order valence-corrected chi connectivity index (χ1v) is 15.8. The number of nitrogens with one attached hydrogen (secondary N) is 2. The van der Waals surface area contributed by atoms with E-state index in [1.165, 1.54) is 34.0 Å². The van der Waals surface area contributed by atoms with Crippen molar-refractivity contribution in [1.29, 1.82) is 0 Å². The van der Waals surface area contributed by atoms with Crippen molar-refractivity contribution in [2.45, 2.75) is 49.6 Å². The third-order valence-corrected chi connectivity index (χ3v) is 8.96. The van der Waals surface area contributed by atoms with Crippen molar-refractivity contribution in [2.24, 2.45) is 11.8 Å². The fraction of sp³-hybridized carbons (Fsp3) is 0.258. The highest BCUT2D eigenvalue weighted by Gasteiger charge is 2.25. The summed E-state index contributed by atoms with van der Waals surface area (Å²) in [6, 6.07) is 12.6. The van der Waals surface area contributed by atoms with Gasteiger partial charge in [-0.05, 0) is 36.1 Å². The zero-order valence-corrected chi connectivity index (χ0v) is 26.4. The quantitative estimate of drug-likeness (QED) is 0.108. The van der Waals surface area contributed by atoms with Crippen LogP contribution in [-0.4, -0.2) is 67.6 Å². The molecule has 0 aliphatic heterocycles. The molecule has 0 aliphatic rings. The van der Waals surface area contributed by atoms with Crippen LogP contribution in [0.5, 0.6) is 0 Å². The summed E-state index contributed by atoms with van der Waals surface area (Å²) in [6.07, 6.45) is 2.87. The lowest BCUT2D eigenvalue weighted by atomic mass is 10.0. The van der Waals surface area contributed by atoms with Crippen LogP contribution in [-0.2, 0) is 14.4 Å². The molecule has 45 heavy (non-hydrogen) atoms. The van der Waals surface area contributed by atoms with Gasteiger partial charge in [0.15, 0.2) is 0 Å². The normalized spacial score (nSPS) is 12.2. The van der Waals surface area contributed by atoms with E-state index >= 15 is 0 Å². The molecule has 0 saturated carbocycles. The Morgan fingerprint density at radius 2 is 1.07 bits per heavy atom. The Labute approximate surface area is 266 Å². The molecule has 2 heterocycles. The fourth-order valence-electron chi connectivity index (χ4n) is 4.21. The van der Waals surface area contributed by atoms with Gasteiger partial charge in [0.2, 0.25) is 0 Å². The summed E-state index contributed by atoms with van der Waals surface area (Å²) in [4.78, 5) is 67.5. The van der Waals surface area contributed by atoms with Gasteiger partial charge in [-0.25, -0.2) is 9.59 Å². The molecular formula is C31H32N4O8S2. The lowest BCUT2D eigenvalue weighted by molar-refractivity contribution is -0.141. The van der Waals surface area contributed by atoms with Gasteiger partial charge in [-0.15, -0.1) is 0 Å². The van der Waals surface area contributed by atoms with Crippen LogP contribution < -0.4 is 10.6 Å². The fourth-order valence-corrected chi connectivity index (χ4v) is 6.51. The average molecular weight is 653 g/mol. The molecule has 2 aromatic carbocycles. The van der Waals surface area contributed by atoms with E-state index in [-0.39, 0.29) is 29.4 Å². The molecule has 4 aromatic rings. The van der Waals surface area contributed by atoms with E-state index in [0.29, 0.717) is 11.0 Å². The Balaban J connectivity index is 0.00000177. The Hall–Kier alpha value is -4.69. The number of aromatic nitrogens is 2. The summed E-state index contributed by atoms with van der Waals surface area (Å²) in [7, 11) is 2.93. The number of benzene rings is 2.